The number of aromatic hydroxyl groups is 1. The molecule has 32 heavy (non-hydrogen) atoms. The molecule has 1 saturated heterocycles. The Labute approximate surface area is 189 Å². The molecule has 1 amide bonds. The van der Waals surface area contributed by atoms with Gasteiger partial charge in [0.05, 0.1) is 22.8 Å². The lowest BCUT2D eigenvalue weighted by molar-refractivity contribution is -0.127. The van der Waals surface area contributed by atoms with E-state index in [1.165, 1.54) is 12.1 Å². The van der Waals surface area contributed by atoms with E-state index in [1.807, 2.05) is 40.4 Å². The number of nitrogens with zero attached hydrogens (tertiary/aromatic N) is 3. The number of thioether (sulfide) groups is 1. The van der Waals surface area contributed by atoms with Crippen LogP contribution in [0.25, 0.3) is 0 Å². The molecule has 0 bridgehead atoms. The number of hydrogen-bond acceptors (Lipinski definition) is 6. The van der Waals surface area contributed by atoms with Crippen molar-refractivity contribution in [3.05, 3.63) is 95.2 Å². The number of carbonyl (C=O) groups excluding carboxylic acids is 1. The number of allylic oxidation sites excluding steroid dienone is 2. The lowest BCUT2D eigenvalue weighted by Gasteiger charge is -2.25. The molecule has 1 atom stereocenters. The van der Waals surface area contributed by atoms with E-state index in [4.69, 9.17) is 0 Å². The van der Waals surface area contributed by atoms with Gasteiger partial charge in [-0.2, -0.15) is 0 Å². The van der Waals surface area contributed by atoms with Crippen molar-refractivity contribution in [3.8, 4) is 5.75 Å². The normalized spacial score (nSPS) is 22.1. The maximum atomic E-state index is 13.4. The van der Waals surface area contributed by atoms with Crippen molar-refractivity contribution in [2.75, 3.05) is 17.3 Å². The highest BCUT2D eigenvalue weighted by Gasteiger charge is 2.38. The highest BCUT2D eigenvalue weighted by molar-refractivity contribution is 8.01. The van der Waals surface area contributed by atoms with Gasteiger partial charge in [0.2, 0.25) is 5.91 Å². The topological polar surface area (TPSA) is 68.2 Å². The zero-order chi connectivity index (χ0) is 22.1. The van der Waals surface area contributed by atoms with Crippen molar-refractivity contribution in [1.82, 2.24) is 10.3 Å². The summed E-state index contributed by atoms with van der Waals surface area (Å²) < 4.78 is 13.4. The second-order valence-corrected chi connectivity index (χ2v) is 8.68. The fourth-order valence-corrected chi connectivity index (χ4v) is 5.10. The standard InChI is InChI=1S/C24H21FN4O2S/c25-17-5-7-18(8-6-17)29-14-20(23(27-29)21-2-1-12-26-21)24-28(22(31)15-32-24)13-11-16-3-9-19(30)10-4-16/h1-10,12,14,24,27,30H,11,13,15H2/b23-21+/t24-/m1/s1. The minimum Gasteiger partial charge on any atom is -0.508 e. The number of hydrazine groups is 1. The number of phenolic OH excluding ortho intramolecular Hbond substituents is 1. The van der Waals surface area contributed by atoms with Crippen LogP contribution in [-0.4, -0.2) is 39.8 Å². The van der Waals surface area contributed by atoms with Crippen LogP contribution in [0.1, 0.15) is 5.56 Å². The van der Waals surface area contributed by atoms with E-state index in [9.17, 15) is 14.3 Å². The van der Waals surface area contributed by atoms with E-state index in [2.05, 4.69) is 10.4 Å². The van der Waals surface area contributed by atoms with E-state index in [1.54, 1.807) is 42.2 Å². The van der Waals surface area contributed by atoms with Gasteiger partial charge in [-0.25, -0.2) is 4.39 Å². The van der Waals surface area contributed by atoms with Gasteiger partial charge < -0.3 is 10.0 Å². The number of rotatable bonds is 5. The minimum atomic E-state index is -0.295. The first kappa shape index (κ1) is 20.4. The second kappa shape index (κ2) is 8.55. The van der Waals surface area contributed by atoms with Crippen LogP contribution in [0.5, 0.6) is 5.75 Å². The van der Waals surface area contributed by atoms with Crippen molar-refractivity contribution in [3.63, 3.8) is 0 Å². The van der Waals surface area contributed by atoms with Crippen molar-refractivity contribution in [1.29, 1.82) is 0 Å². The minimum absolute atomic E-state index is 0.0923. The summed E-state index contributed by atoms with van der Waals surface area (Å²) in [7, 11) is 0. The molecule has 2 aromatic carbocycles. The van der Waals surface area contributed by atoms with Crippen molar-refractivity contribution in [2.24, 2.45) is 4.99 Å². The van der Waals surface area contributed by atoms with Crippen LogP contribution in [0, 0.1) is 5.82 Å². The summed E-state index contributed by atoms with van der Waals surface area (Å²) in [5, 5.41) is 11.2. The molecule has 162 valence electrons. The molecule has 0 unspecified atom stereocenters. The molecular weight excluding hydrogens is 427 g/mol. The lowest BCUT2D eigenvalue weighted by Crippen LogP contribution is -2.36. The summed E-state index contributed by atoms with van der Waals surface area (Å²) in [4.78, 5) is 19.1. The Morgan fingerprint density at radius 2 is 1.94 bits per heavy atom. The summed E-state index contributed by atoms with van der Waals surface area (Å²) in [6.45, 7) is 0.566. The van der Waals surface area contributed by atoms with Crippen LogP contribution in [-0.2, 0) is 11.2 Å². The molecule has 6 nitrogen and oxygen atoms in total. The van der Waals surface area contributed by atoms with Gasteiger partial charge in [-0.15, -0.1) is 11.8 Å². The molecule has 0 radical (unpaired) electrons. The number of anilines is 1. The summed E-state index contributed by atoms with van der Waals surface area (Å²) in [5.74, 6) is 0.436. The predicted octanol–water partition coefficient (Wildman–Crippen LogP) is 3.74. The van der Waals surface area contributed by atoms with Crippen LogP contribution in [0.4, 0.5) is 10.1 Å². The van der Waals surface area contributed by atoms with Crippen LogP contribution < -0.4 is 10.4 Å². The molecule has 1 fully saturated rings. The molecule has 0 saturated carbocycles. The fourth-order valence-electron chi connectivity index (χ4n) is 3.87. The first-order chi connectivity index (χ1) is 15.6. The van der Waals surface area contributed by atoms with Gasteiger partial charge in [0.1, 0.15) is 16.9 Å². The summed E-state index contributed by atoms with van der Waals surface area (Å²) in [5.41, 5.74) is 7.79. The molecule has 2 N–H and O–H groups in total. The number of amides is 1. The smallest absolute Gasteiger partial charge is 0.233 e. The van der Waals surface area contributed by atoms with E-state index in [0.717, 1.165) is 28.2 Å². The average Bonchev–Trinajstić information content (AvgIpc) is 3.53. The van der Waals surface area contributed by atoms with Crippen molar-refractivity contribution < 1.29 is 14.3 Å². The van der Waals surface area contributed by atoms with E-state index in [0.29, 0.717) is 18.7 Å². The SMILES string of the molecule is O=C1CS[C@H](C2=CN(c3ccc(F)cc3)N/C2=C2\C=CC=N2)N1CCc1ccc(O)cc1. The lowest BCUT2D eigenvalue weighted by atomic mass is 10.1. The third kappa shape index (κ3) is 4.01. The number of aliphatic imine (C=N–C) groups is 1. The zero-order valence-electron chi connectivity index (χ0n) is 17.1. The quantitative estimate of drug-likeness (QED) is 0.730. The van der Waals surface area contributed by atoms with E-state index in [-0.39, 0.29) is 22.8 Å². The van der Waals surface area contributed by atoms with Crippen LogP contribution in [0.15, 0.2) is 88.8 Å². The molecule has 3 heterocycles. The molecule has 3 aliphatic heterocycles. The number of carbonyl (C=O) groups is 1. The van der Waals surface area contributed by atoms with Gasteiger partial charge in [0.15, 0.2) is 0 Å². The molecule has 2 aromatic rings. The molecular formula is C24H21FN4O2S. The fraction of sp³-hybridized carbons (Fsp3) is 0.167. The van der Waals surface area contributed by atoms with Gasteiger partial charge in [-0.05, 0) is 60.5 Å². The van der Waals surface area contributed by atoms with Gasteiger partial charge in [0, 0.05) is 24.5 Å². The van der Waals surface area contributed by atoms with Gasteiger partial charge in [0.25, 0.3) is 0 Å². The molecule has 0 aromatic heterocycles. The summed E-state index contributed by atoms with van der Waals surface area (Å²) >= 11 is 1.59. The third-order valence-corrected chi connectivity index (χ3v) is 6.75. The Morgan fingerprint density at radius 3 is 2.66 bits per heavy atom. The van der Waals surface area contributed by atoms with Gasteiger partial charge in [-0.3, -0.25) is 20.2 Å². The summed E-state index contributed by atoms with van der Waals surface area (Å²) in [6.07, 6.45) is 8.18. The molecule has 0 spiro atoms. The molecule has 8 heteroatoms. The van der Waals surface area contributed by atoms with Crippen LogP contribution >= 0.6 is 11.8 Å². The number of benzene rings is 2. The van der Waals surface area contributed by atoms with Gasteiger partial charge >= 0.3 is 0 Å². The maximum Gasteiger partial charge on any atom is 0.233 e. The number of halogens is 1. The van der Waals surface area contributed by atoms with E-state index < -0.39 is 0 Å². The average molecular weight is 449 g/mol. The highest BCUT2D eigenvalue weighted by atomic mass is 32.2. The van der Waals surface area contributed by atoms with Crippen LogP contribution in [0.2, 0.25) is 0 Å². The first-order valence-electron chi connectivity index (χ1n) is 10.3. The molecule has 3 aliphatic rings. The third-order valence-electron chi connectivity index (χ3n) is 5.52. The number of hydrogen-bond donors (Lipinski definition) is 2. The number of phenols is 1. The Bertz CT molecular complexity index is 1140. The van der Waals surface area contributed by atoms with Crippen molar-refractivity contribution >= 4 is 29.6 Å². The molecule has 0 aliphatic carbocycles. The Kier molecular flexibility index (Phi) is 5.45. The first-order valence-corrected chi connectivity index (χ1v) is 11.3. The maximum absolute atomic E-state index is 13.4. The van der Waals surface area contributed by atoms with Crippen molar-refractivity contribution in [2.45, 2.75) is 11.8 Å². The Hall–Kier alpha value is -3.52. The summed E-state index contributed by atoms with van der Waals surface area (Å²) in [6, 6.07) is 13.3. The predicted molar refractivity (Wildman–Crippen MR) is 125 cm³/mol. The Balaban J connectivity index is 1.43. The largest absolute Gasteiger partial charge is 0.508 e. The zero-order valence-corrected chi connectivity index (χ0v) is 17.9. The number of nitrogens with one attached hydrogen (secondary N) is 1. The monoisotopic (exact) mass is 448 g/mol. The highest BCUT2D eigenvalue weighted by Crippen LogP contribution is 2.38. The van der Waals surface area contributed by atoms with Gasteiger partial charge in [-0.1, -0.05) is 12.1 Å². The van der Waals surface area contributed by atoms with Crippen LogP contribution in [0.3, 0.4) is 0 Å². The molecule has 5 rings (SSSR count). The Morgan fingerprint density at radius 1 is 1.16 bits per heavy atom. The van der Waals surface area contributed by atoms with E-state index >= 15 is 0 Å². The second-order valence-electron chi connectivity index (χ2n) is 7.61.